The first-order chi connectivity index (χ1) is 9.43. The molecule has 1 unspecified atom stereocenters. The molecule has 114 valence electrons. The summed E-state index contributed by atoms with van der Waals surface area (Å²) in [6, 6.07) is 0. The Morgan fingerprint density at radius 1 is 1.45 bits per heavy atom. The Morgan fingerprint density at radius 2 is 2.10 bits per heavy atom. The second-order valence-electron chi connectivity index (χ2n) is 4.55. The average molecular weight is 286 g/mol. The van der Waals surface area contributed by atoms with Crippen LogP contribution in [0.5, 0.6) is 0 Å². The fraction of sp³-hybridized carbons (Fsp3) is 0.667. The van der Waals surface area contributed by atoms with Gasteiger partial charge in [-0.1, -0.05) is 6.92 Å². The van der Waals surface area contributed by atoms with Gasteiger partial charge in [0.2, 0.25) is 0 Å². The number of nitrogens with one attached hydrogen (secondary N) is 1. The zero-order valence-electron chi connectivity index (χ0n) is 12.0. The highest BCUT2D eigenvalue weighted by Crippen LogP contribution is 2.11. The third-order valence-electron chi connectivity index (χ3n) is 2.90. The largest absolute Gasteiger partial charge is 0.389 e. The molecule has 1 aromatic heterocycles. The first kappa shape index (κ1) is 16.3. The molecule has 0 aromatic carbocycles. The standard InChI is InChI=1S/C12H22N4O4/c1-4-5-16-10(13)9(11(18)15(2)12(16)19)14-6-8(17)7-20-3/h8,14,17H,4-7,13H2,1-3H3. The normalized spacial score (nSPS) is 12.4. The van der Waals surface area contributed by atoms with Gasteiger partial charge in [-0.15, -0.1) is 0 Å². The summed E-state index contributed by atoms with van der Waals surface area (Å²) in [5.74, 6) is 0.0876. The maximum atomic E-state index is 12.0. The van der Waals surface area contributed by atoms with Crippen molar-refractivity contribution in [1.29, 1.82) is 0 Å². The molecule has 0 fully saturated rings. The maximum absolute atomic E-state index is 12.0. The molecular weight excluding hydrogens is 264 g/mol. The van der Waals surface area contributed by atoms with Gasteiger partial charge in [-0.2, -0.15) is 0 Å². The highest BCUT2D eigenvalue weighted by molar-refractivity contribution is 5.60. The van der Waals surface area contributed by atoms with Crippen molar-refractivity contribution in [1.82, 2.24) is 9.13 Å². The van der Waals surface area contributed by atoms with Crippen LogP contribution in [0.2, 0.25) is 0 Å². The smallest absolute Gasteiger partial charge is 0.332 e. The molecule has 1 heterocycles. The van der Waals surface area contributed by atoms with Gasteiger partial charge in [0.25, 0.3) is 5.56 Å². The van der Waals surface area contributed by atoms with E-state index in [0.29, 0.717) is 13.0 Å². The SMILES string of the molecule is CCCn1c(N)c(NCC(O)COC)c(=O)n(C)c1=O. The summed E-state index contributed by atoms with van der Waals surface area (Å²) in [5.41, 5.74) is 5.04. The van der Waals surface area contributed by atoms with Gasteiger partial charge in [-0.05, 0) is 6.42 Å². The van der Waals surface area contributed by atoms with Crippen LogP contribution in [0.4, 0.5) is 11.5 Å². The Morgan fingerprint density at radius 3 is 2.65 bits per heavy atom. The van der Waals surface area contributed by atoms with Crippen molar-refractivity contribution in [3.05, 3.63) is 20.8 Å². The number of hydrogen-bond donors (Lipinski definition) is 3. The molecule has 1 rings (SSSR count). The summed E-state index contributed by atoms with van der Waals surface area (Å²) in [6.07, 6.45) is -0.0516. The molecule has 0 spiro atoms. The van der Waals surface area contributed by atoms with E-state index in [1.165, 1.54) is 18.7 Å². The number of nitrogen functional groups attached to an aromatic ring is 1. The quantitative estimate of drug-likeness (QED) is 0.590. The van der Waals surface area contributed by atoms with Crippen LogP contribution in [0, 0.1) is 0 Å². The second-order valence-corrected chi connectivity index (χ2v) is 4.55. The number of hydrogen-bond acceptors (Lipinski definition) is 6. The third kappa shape index (κ3) is 3.40. The molecule has 0 amide bonds. The van der Waals surface area contributed by atoms with Crippen LogP contribution in [0.15, 0.2) is 9.59 Å². The molecule has 0 aliphatic rings. The molecule has 0 aliphatic carbocycles. The fourth-order valence-electron chi connectivity index (χ4n) is 1.86. The maximum Gasteiger partial charge on any atom is 0.332 e. The van der Waals surface area contributed by atoms with E-state index in [1.807, 2.05) is 6.92 Å². The number of aliphatic hydroxyl groups excluding tert-OH is 1. The molecule has 4 N–H and O–H groups in total. The highest BCUT2D eigenvalue weighted by Gasteiger charge is 2.15. The predicted molar refractivity (Wildman–Crippen MR) is 77.0 cm³/mol. The van der Waals surface area contributed by atoms with E-state index in [-0.39, 0.29) is 24.7 Å². The molecule has 1 aromatic rings. The zero-order valence-corrected chi connectivity index (χ0v) is 12.0. The molecule has 0 radical (unpaired) electrons. The first-order valence-corrected chi connectivity index (χ1v) is 6.44. The van der Waals surface area contributed by atoms with Crippen molar-refractivity contribution in [2.75, 3.05) is 31.3 Å². The molecule has 8 heteroatoms. The topological polar surface area (TPSA) is 112 Å². The Bertz CT molecular complexity index is 564. The molecule has 0 saturated heterocycles. The summed E-state index contributed by atoms with van der Waals surface area (Å²) in [5, 5.41) is 12.4. The lowest BCUT2D eigenvalue weighted by Crippen LogP contribution is -2.41. The second kappa shape index (κ2) is 7.11. The number of anilines is 2. The van der Waals surface area contributed by atoms with Gasteiger partial charge in [0.1, 0.15) is 11.5 Å². The van der Waals surface area contributed by atoms with E-state index < -0.39 is 17.4 Å². The highest BCUT2D eigenvalue weighted by atomic mass is 16.5. The monoisotopic (exact) mass is 286 g/mol. The van der Waals surface area contributed by atoms with Crippen LogP contribution >= 0.6 is 0 Å². The Hall–Kier alpha value is -1.80. The first-order valence-electron chi connectivity index (χ1n) is 6.44. The Labute approximate surface area is 116 Å². The lowest BCUT2D eigenvalue weighted by atomic mass is 10.3. The van der Waals surface area contributed by atoms with Crippen LogP contribution in [-0.2, 0) is 18.3 Å². The van der Waals surface area contributed by atoms with E-state index in [1.54, 1.807) is 0 Å². The van der Waals surface area contributed by atoms with Gasteiger partial charge in [0.05, 0.1) is 12.7 Å². The predicted octanol–water partition coefficient (Wildman–Crippen LogP) is -1.04. The summed E-state index contributed by atoms with van der Waals surface area (Å²) in [6.45, 7) is 2.58. The van der Waals surface area contributed by atoms with Crippen molar-refractivity contribution in [3.8, 4) is 0 Å². The number of rotatable bonds is 7. The van der Waals surface area contributed by atoms with Crippen LogP contribution < -0.4 is 22.3 Å². The molecule has 8 nitrogen and oxygen atoms in total. The van der Waals surface area contributed by atoms with Crippen molar-refractivity contribution in [3.63, 3.8) is 0 Å². The average Bonchev–Trinajstić information content (AvgIpc) is 2.41. The van der Waals surface area contributed by atoms with Crippen molar-refractivity contribution in [2.24, 2.45) is 7.05 Å². The van der Waals surface area contributed by atoms with Crippen LogP contribution in [0.1, 0.15) is 13.3 Å². The summed E-state index contributed by atoms with van der Waals surface area (Å²) in [7, 11) is 2.87. The van der Waals surface area contributed by atoms with Gasteiger partial charge >= 0.3 is 5.69 Å². The van der Waals surface area contributed by atoms with Gasteiger partial charge in [0, 0.05) is 27.2 Å². The molecule has 0 saturated carbocycles. The van der Waals surface area contributed by atoms with E-state index in [9.17, 15) is 14.7 Å². The number of methoxy groups -OCH3 is 1. The van der Waals surface area contributed by atoms with Gasteiger partial charge < -0.3 is 20.9 Å². The lowest BCUT2D eigenvalue weighted by Gasteiger charge is -2.17. The number of aliphatic hydroxyl groups is 1. The van der Waals surface area contributed by atoms with Crippen LogP contribution in [0.3, 0.4) is 0 Å². The third-order valence-corrected chi connectivity index (χ3v) is 2.90. The van der Waals surface area contributed by atoms with E-state index in [2.05, 4.69) is 5.32 Å². The van der Waals surface area contributed by atoms with Crippen molar-refractivity contribution >= 4 is 11.5 Å². The van der Waals surface area contributed by atoms with Crippen LogP contribution in [-0.4, -0.2) is 40.6 Å². The fourth-order valence-corrected chi connectivity index (χ4v) is 1.86. The Balaban J connectivity index is 3.13. The number of aromatic nitrogens is 2. The lowest BCUT2D eigenvalue weighted by molar-refractivity contribution is 0.0727. The van der Waals surface area contributed by atoms with E-state index >= 15 is 0 Å². The van der Waals surface area contributed by atoms with E-state index in [4.69, 9.17) is 10.5 Å². The summed E-state index contributed by atoms with van der Waals surface area (Å²) in [4.78, 5) is 24.0. The van der Waals surface area contributed by atoms with Crippen molar-refractivity contribution < 1.29 is 9.84 Å². The minimum Gasteiger partial charge on any atom is -0.389 e. The minimum atomic E-state index is -0.768. The van der Waals surface area contributed by atoms with Gasteiger partial charge in [-0.25, -0.2) is 4.79 Å². The number of nitrogens with two attached hydrogens (primary N) is 1. The Kier molecular flexibility index (Phi) is 5.78. The molecule has 0 aliphatic heterocycles. The molecule has 0 bridgehead atoms. The van der Waals surface area contributed by atoms with Gasteiger partial charge in [-0.3, -0.25) is 13.9 Å². The van der Waals surface area contributed by atoms with Crippen molar-refractivity contribution in [2.45, 2.75) is 26.0 Å². The molecule has 1 atom stereocenters. The minimum absolute atomic E-state index is 0.0876. The number of nitrogens with zero attached hydrogens (tertiary/aromatic N) is 2. The zero-order chi connectivity index (χ0) is 15.3. The molecule has 20 heavy (non-hydrogen) atoms. The molecular formula is C12H22N4O4. The van der Waals surface area contributed by atoms with Crippen LogP contribution in [0.25, 0.3) is 0 Å². The summed E-state index contributed by atoms with van der Waals surface area (Å²) < 4.78 is 7.13. The van der Waals surface area contributed by atoms with E-state index in [0.717, 1.165) is 4.57 Å². The number of ether oxygens (including phenoxy) is 1. The summed E-state index contributed by atoms with van der Waals surface area (Å²) >= 11 is 0. The van der Waals surface area contributed by atoms with Gasteiger partial charge in [0.15, 0.2) is 0 Å².